The van der Waals surface area contributed by atoms with Gasteiger partial charge in [0.05, 0.1) is 39.0 Å². The standard InChI is InChI=1S/C43H49FN4O6/c1-46(43(50)33-27-38(51-2)41(53-4)39(28-33)52-3)29-32(30-11-6-5-7-12-30)21-25-47-23-19-31(20-24-47)40(49)42-45-36-13-8-9-14-37(36)48(42)22-10-26-54-35-17-15-34(44)16-18-35/h5-9,11-18,27-28,31-32H,10,19-26,29H2,1-4H3. The lowest BCUT2D eigenvalue weighted by molar-refractivity contribution is 0.0778. The van der Waals surface area contributed by atoms with Gasteiger partial charge in [0.2, 0.25) is 11.5 Å². The maximum absolute atomic E-state index is 14.0. The van der Waals surface area contributed by atoms with Crippen LogP contribution in [0.2, 0.25) is 0 Å². The number of rotatable bonds is 17. The Morgan fingerprint density at radius 3 is 2.20 bits per heavy atom. The van der Waals surface area contributed by atoms with Crippen LogP contribution >= 0.6 is 0 Å². The van der Waals surface area contributed by atoms with Crippen LogP contribution in [0, 0.1) is 11.7 Å². The molecule has 6 rings (SSSR count). The number of amides is 1. The number of imidazole rings is 1. The van der Waals surface area contributed by atoms with Crippen molar-refractivity contribution in [3.8, 4) is 23.0 Å². The summed E-state index contributed by atoms with van der Waals surface area (Å²) in [4.78, 5) is 36.7. The van der Waals surface area contributed by atoms with E-state index in [4.69, 9.17) is 23.9 Å². The van der Waals surface area contributed by atoms with Crippen molar-refractivity contribution in [2.75, 3.05) is 61.2 Å². The number of para-hydroxylation sites is 2. The van der Waals surface area contributed by atoms with E-state index >= 15 is 0 Å². The van der Waals surface area contributed by atoms with E-state index in [1.54, 1.807) is 29.2 Å². The summed E-state index contributed by atoms with van der Waals surface area (Å²) in [5.41, 5.74) is 3.37. The molecule has 0 N–H and O–H groups in total. The van der Waals surface area contributed by atoms with Crippen molar-refractivity contribution < 1.29 is 32.9 Å². The number of ether oxygens (including phenoxy) is 4. The summed E-state index contributed by atoms with van der Waals surface area (Å²) in [7, 11) is 6.43. The molecule has 1 saturated heterocycles. The lowest BCUT2D eigenvalue weighted by Gasteiger charge is -2.33. The van der Waals surface area contributed by atoms with Crippen molar-refractivity contribution in [3.05, 3.63) is 114 Å². The number of nitrogens with zero attached hydrogens (tertiary/aromatic N) is 4. The average Bonchev–Trinajstić information content (AvgIpc) is 3.59. The average molecular weight is 737 g/mol. The number of aryl methyl sites for hydroxylation is 1. The topological polar surface area (TPSA) is 95.4 Å². The number of carbonyl (C=O) groups is 2. The number of piperidine rings is 1. The maximum Gasteiger partial charge on any atom is 0.253 e. The summed E-state index contributed by atoms with van der Waals surface area (Å²) >= 11 is 0. The highest BCUT2D eigenvalue weighted by atomic mass is 19.1. The van der Waals surface area contributed by atoms with Crippen LogP contribution in [0.25, 0.3) is 11.0 Å². The molecule has 1 unspecified atom stereocenters. The summed E-state index contributed by atoms with van der Waals surface area (Å²) in [5.74, 6) is 2.05. The molecule has 0 aliphatic carbocycles. The largest absolute Gasteiger partial charge is 0.494 e. The monoisotopic (exact) mass is 736 g/mol. The summed E-state index contributed by atoms with van der Waals surface area (Å²) in [6, 6.07) is 27.5. The van der Waals surface area contributed by atoms with E-state index in [9.17, 15) is 14.0 Å². The van der Waals surface area contributed by atoms with E-state index in [2.05, 4.69) is 17.0 Å². The molecule has 1 aliphatic heterocycles. The lowest BCUT2D eigenvalue weighted by Crippen LogP contribution is -2.38. The van der Waals surface area contributed by atoms with Gasteiger partial charge in [-0.15, -0.1) is 0 Å². The van der Waals surface area contributed by atoms with Crippen LogP contribution in [0.3, 0.4) is 0 Å². The number of benzene rings is 4. The van der Waals surface area contributed by atoms with Gasteiger partial charge >= 0.3 is 0 Å². The van der Waals surface area contributed by atoms with Gasteiger partial charge in [0.15, 0.2) is 17.3 Å². The fourth-order valence-electron chi connectivity index (χ4n) is 7.30. The van der Waals surface area contributed by atoms with Crippen LogP contribution in [0.1, 0.15) is 58.1 Å². The first kappa shape index (κ1) is 38.3. The second kappa shape index (κ2) is 18.1. The fourth-order valence-corrected chi connectivity index (χ4v) is 7.30. The molecule has 0 saturated carbocycles. The number of aromatic nitrogens is 2. The highest BCUT2D eigenvalue weighted by Crippen LogP contribution is 2.38. The Bertz CT molecular complexity index is 1990. The predicted molar refractivity (Wildman–Crippen MR) is 207 cm³/mol. The van der Waals surface area contributed by atoms with Gasteiger partial charge in [-0.3, -0.25) is 9.59 Å². The maximum atomic E-state index is 14.0. The summed E-state index contributed by atoms with van der Waals surface area (Å²) < 4.78 is 37.6. The molecule has 54 heavy (non-hydrogen) atoms. The van der Waals surface area contributed by atoms with Crippen LogP contribution in [-0.2, 0) is 6.54 Å². The number of Topliss-reactive ketones (excluding diaryl/α,β-unsaturated/α-hetero) is 1. The Labute approximate surface area is 316 Å². The van der Waals surface area contributed by atoms with Crippen molar-refractivity contribution in [1.29, 1.82) is 0 Å². The third-order valence-corrected chi connectivity index (χ3v) is 10.3. The SMILES string of the molecule is COc1cc(C(=O)N(C)CC(CCN2CCC(C(=O)c3nc4ccccc4n3CCCOc3ccc(F)cc3)CC2)c2ccccc2)cc(OC)c1OC. The van der Waals surface area contributed by atoms with Gasteiger partial charge in [0.1, 0.15) is 11.6 Å². The van der Waals surface area contributed by atoms with Crippen LogP contribution in [0.15, 0.2) is 91.0 Å². The van der Waals surface area contributed by atoms with Gasteiger partial charge in [-0.1, -0.05) is 42.5 Å². The zero-order valence-electron chi connectivity index (χ0n) is 31.5. The number of ketones is 1. The molecule has 1 amide bonds. The Balaban J connectivity index is 1.07. The van der Waals surface area contributed by atoms with Crippen LogP contribution in [0.4, 0.5) is 4.39 Å². The lowest BCUT2D eigenvalue weighted by atomic mass is 9.90. The minimum Gasteiger partial charge on any atom is -0.494 e. The molecular formula is C43H49FN4O6. The molecule has 1 aromatic heterocycles. The van der Waals surface area contributed by atoms with Crippen molar-refractivity contribution in [1.82, 2.24) is 19.4 Å². The first-order valence-electron chi connectivity index (χ1n) is 18.5. The molecule has 10 nitrogen and oxygen atoms in total. The predicted octanol–water partition coefficient (Wildman–Crippen LogP) is 7.51. The molecule has 1 atom stereocenters. The number of methoxy groups -OCH3 is 3. The number of carbonyl (C=O) groups excluding carboxylic acids is 2. The second-order valence-corrected chi connectivity index (χ2v) is 13.7. The van der Waals surface area contributed by atoms with Crippen LogP contribution in [-0.4, -0.2) is 92.2 Å². The minimum absolute atomic E-state index is 0.0828. The normalized spacial score (nSPS) is 14.1. The van der Waals surface area contributed by atoms with Gasteiger partial charge in [-0.05, 0) is 99.4 Å². The van der Waals surface area contributed by atoms with Crippen LogP contribution in [0.5, 0.6) is 23.0 Å². The summed E-state index contributed by atoms with van der Waals surface area (Å²) in [6.07, 6.45) is 3.03. The minimum atomic E-state index is -0.302. The molecule has 0 bridgehead atoms. The molecule has 284 valence electrons. The molecule has 0 radical (unpaired) electrons. The third kappa shape index (κ3) is 9.02. The molecule has 1 fully saturated rings. The summed E-state index contributed by atoms with van der Waals surface area (Å²) in [5, 5.41) is 0. The molecule has 1 aliphatic rings. The third-order valence-electron chi connectivity index (χ3n) is 10.3. The number of fused-ring (bicyclic) bond motifs is 1. The Morgan fingerprint density at radius 2 is 1.54 bits per heavy atom. The van der Waals surface area contributed by atoms with E-state index in [-0.39, 0.29) is 29.3 Å². The van der Waals surface area contributed by atoms with E-state index in [0.717, 1.165) is 49.9 Å². The van der Waals surface area contributed by atoms with E-state index in [1.165, 1.54) is 39.0 Å². The van der Waals surface area contributed by atoms with E-state index in [1.807, 2.05) is 54.1 Å². The number of hydrogen-bond donors (Lipinski definition) is 0. The van der Waals surface area contributed by atoms with E-state index < -0.39 is 0 Å². The van der Waals surface area contributed by atoms with Crippen molar-refractivity contribution >= 4 is 22.7 Å². The van der Waals surface area contributed by atoms with Crippen LogP contribution < -0.4 is 18.9 Å². The van der Waals surface area contributed by atoms with Crippen molar-refractivity contribution in [2.24, 2.45) is 5.92 Å². The van der Waals surface area contributed by atoms with Crippen molar-refractivity contribution in [2.45, 2.75) is 38.1 Å². The van der Waals surface area contributed by atoms with E-state index in [0.29, 0.717) is 60.5 Å². The summed E-state index contributed by atoms with van der Waals surface area (Å²) in [6.45, 7) is 4.01. The molecule has 0 spiro atoms. The highest BCUT2D eigenvalue weighted by Gasteiger charge is 2.30. The molecule has 5 aromatic rings. The Hall–Kier alpha value is -5.42. The van der Waals surface area contributed by atoms with Gasteiger partial charge < -0.3 is 33.3 Å². The van der Waals surface area contributed by atoms with Gasteiger partial charge in [-0.25, -0.2) is 9.37 Å². The van der Waals surface area contributed by atoms with Gasteiger partial charge in [-0.2, -0.15) is 0 Å². The first-order chi connectivity index (χ1) is 26.3. The highest BCUT2D eigenvalue weighted by molar-refractivity contribution is 5.98. The van der Waals surface area contributed by atoms with Crippen molar-refractivity contribution in [3.63, 3.8) is 0 Å². The molecule has 2 heterocycles. The zero-order valence-corrected chi connectivity index (χ0v) is 31.5. The molecule has 4 aromatic carbocycles. The Morgan fingerprint density at radius 1 is 0.870 bits per heavy atom. The second-order valence-electron chi connectivity index (χ2n) is 13.7. The number of likely N-dealkylation sites (N-methyl/N-ethyl adjacent to an activating group) is 1. The molecular weight excluding hydrogens is 687 g/mol. The number of hydrogen-bond acceptors (Lipinski definition) is 8. The smallest absolute Gasteiger partial charge is 0.253 e. The Kier molecular flexibility index (Phi) is 12.8. The number of halogens is 1. The number of likely N-dealkylation sites (tertiary alicyclic amines) is 1. The van der Waals surface area contributed by atoms with Gasteiger partial charge in [0, 0.05) is 37.5 Å². The first-order valence-corrected chi connectivity index (χ1v) is 18.5. The quantitative estimate of drug-likeness (QED) is 0.0716. The van der Waals surface area contributed by atoms with Gasteiger partial charge in [0.25, 0.3) is 5.91 Å². The molecule has 11 heteroatoms. The fraction of sp³-hybridized carbons (Fsp3) is 0.372. The zero-order chi connectivity index (χ0) is 38.0.